The molecule has 3 nitrogen and oxygen atoms in total. The highest BCUT2D eigenvalue weighted by Gasteiger charge is 2.19. The molecule has 1 unspecified atom stereocenters. The van der Waals surface area contributed by atoms with Gasteiger partial charge in [-0.15, -0.1) is 0 Å². The molecule has 1 rings (SSSR count). The van der Waals surface area contributed by atoms with Crippen molar-refractivity contribution in [1.29, 1.82) is 0 Å². The van der Waals surface area contributed by atoms with Crippen molar-refractivity contribution in [1.82, 2.24) is 10.3 Å². The average Bonchev–Trinajstić information content (AvgIpc) is 2.30. The smallest absolute Gasteiger partial charge is 0.0270 e. The van der Waals surface area contributed by atoms with Crippen LogP contribution in [0.2, 0.25) is 0 Å². The van der Waals surface area contributed by atoms with Gasteiger partial charge in [0.05, 0.1) is 0 Å². The fraction of sp³-hybridized carbons (Fsp3) is 0.615. The monoisotopic (exact) mass is 221 g/mol. The predicted octanol–water partition coefficient (Wildman–Crippen LogP) is 1.54. The number of hydrogen-bond acceptors (Lipinski definition) is 3. The average molecular weight is 221 g/mol. The molecule has 0 aliphatic carbocycles. The summed E-state index contributed by atoms with van der Waals surface area (Å²) in [5.74, 6) is 0.535. The van der Waals surface area contributed by atoms with Gasteiger partial charge in [-0.25, -0.2) is 0 Å². The third-order valence-corrected chi connectivity index (χ3v) is 2.92. The lowest BCUT2D eigenvalue weighted by atomic mass is 9.85. The fourth-order valence-corrected chi connectivity index (χ4v) is 1.62. The van der Waals surface area contributed by atoms with E-state index in [2.05, 4.69) is 43.2 Å². The Morgan fingerprint density at radius 1 is 1.38 bits per heavy atom. The zero-order valence-corrected chi connectivity index (χ0v) is 10.5. The van der Waals surface area contributed by atoms with Gasteiger partial charge in [0.25, 0.3) is 0 Å². The van der Waals surface area contributed by atoms with Crippen LogP contribution in [0.4, 0.5) is 0 Å². The molecule has 0 amide bonds. The van der Waals surface area contributed by atoms with Crippen LogP contribution in [0, 0.1) is 5.92 Å². The van der Waals surface area contributed by atoms with E-state index in [-0.39, 0.29) is 5.41 Å². The van der Waals surface area contributed by atoms with Crippen LogP contribution in [0.15, 0.2) is 24.5 Å². The number of nitrogens with two attached hydrogens (primary N) is 1. The molecule has 1 atom stereocenters. The maximum Gasteiger partial charge on any atom is 0.0270 e. The van der Waals surface area contributed by atoms with Crippen LogP contribution in [0.1, 0.15) is 26.3 Å². The van der Waals surface area contributed by atoms with Gasteiger partial charge in [0.1, 0.15) is 0 Å². The van der Waals surface area contributed by atoms with Gasteiger partial charge in [-0.2, -0.15) is 0 Å². The molecular formula is C13H23N3. The molecular weight excluding hydrogens is 198 g/mol. The topological polar surface area (TPSA) is 50.9 Å². The van der Waals surface area contributed by atoms with Gasteiger partial charge >= 0.3 is 0 Å². The van der Waals surface area contributed by atoms with Gasteiger partial charge in [-0.1, -0.05) is 20.8 Å². The van der Waals surface area contributed by atoms with Gasteiger partial charge in [-0.05, 0) is 36.7 Å². The normalized spacial score (nSPS) is 13.8. The van der Waals surface area contributed by atoms with Gasteiger partial charge < -0.3 is 11.1 Å². The summed E-state index contributed by atoms with van der Waals surface area (Å²) in [5, 5.41) is 3.47. The Morgan fingerprint density at radius 2 is 2.00 bits per heavy atom. The van der Waals surface area contributed by atoms with Crippen LogP contribution < -0.4 is 11.1 Å². The summed E-state index contributed by atoms with van der Waals surface area (Å²) in [6.07, 6.45) is 3.69. The molecule has 0 aliphatic rings. The molecule has 0 saturated heterocycles. The zero-order valence-electron chi connectivity index (χ0n) is 10.5. The van der Waals surface area contributed by atoms with Gasteiger partial charge in [-0.3, -0.25) is 4.98 Å². The zero-order chi connectivity index (χ0) is 12.0. The Kier molecular flexibility index (Phi) is 4.90. The first-order valence-corrected chi connectivity index (χ1v) is 5.87. The minimum Gasteiger partial charge on any atom is -0.330 e. The lowest BCUT2D eigenvalue weighted by Gasteiger charge is -2.26. The first-order chi connectivity index (χ1) is 7.56. The van der Waals surface area contributed by atoms with E-state index in [4.69, 9.17) is 5.73 Å². The first-order valence-electron chi connectivity index (χ1n) is 5.87. The fourth-order valence-electron chi connectivity index (χ4n) is 1.62. The number of hydrogen-bond donors (Lipinski definition) is 2. The van der Waals surface area contributed by atoms with E-state index >= 15 is 0 Å². The summed E-state index contributed by atoms with van der Waals surface area (Å²) < 4.78 is 0. The Bertz CT molecular complexity index is 295. The molecule has 0 bridgehead atoms. The van der Waals surface area contributed by atoms with Crippen molar-refractivity contribution in [2.75, 3.05) is 19.6 Å². The van der Waals surface area contributed by atoms with Crippen molar-refractivity contribution in [2.45, 2.75) is 26.2 Å². The summed E-state index contributed by atoms with van der Waals surface area (Å²) in [6, 6.07) is 4.15. The molecule has 0 fully saturated rings. The SMILES string of the molecule is CC(CN)CNCC(C)(C)c1ccncc1. The van der Waals surface area contributed by atoms with Crippen LogP contribution in [0.3, 0.4) is 0 Å². The summed E-state index contributed by atoms with van der Waals surface area (Å²) in [7, 11) is 0. The molecule has 1 aromatic heterocycles. The Balaban J connectivity index is 2.46. The third-order valence-electron chi connectivity index (χ3n) is 2.92. The third kappa shape index (κ3) is 3.91. The highest BCUT2D eigenvalue weighted by atomic mass is 14.9. The lowest BCUT2D eigenvalue weighted by molar-refractivity contribution is 0.434. The Hall–Kier alpha value is -0.930. The minimum absolute atomic E-state index is 0.136. The second kappa shape index (κ2) is 5.97. The number of rotatable bonds is 6. The number of pyridine rings is 1. The number of aromatic nitrogens is 1. The summed E-state index contributed by atoms with van der Waals surface area (Å²) in [6.45, 7) is 9.31. The van der Waals surface area contributed by atoms with Crippen molar-refractivity contribution < 1.29 is 0 Å². The maximum atomic E-state index is 5.58. The number of nitrogens with zero attached hydrogens (tertiary/aromatic N) is 1. The molecule has 0 saturated carbocycles. The number of nitrogens with one attached hydrogen (secondary N) is 1. The summed E-state index contributed by atoms with van der Waals surface area (Å²) >= 11 is 0. The van der Waals surface area contributed by atoms with E-state index in [0.717, 1.165) is 19.6 Å². The highest BCUT2D eigenvalue weighted by Crippen LogP contribution is 2.21. The van der Waals surface area contributed by atoms with Crippen LogP contribution >= 0.6 is 0 Å². The second-order valence-electron chi connectivity index (χ2n) is 5.09. The van der Waals surface area contributed by atoms with Crippen molar-refractivity contribution in [3.63, 3.8) is 0 Å². The van der Waals surface area contributed by atoms with Crippen LogP contribution in [0.25, 0.3) is 0 Å². The van der Waals surface area contributed by atoms with E-state index in [9.17, 15) is 0 Å². The summed E-state index contributed by atoms with van der Waals surface area (Å²) in [4.78, 5) is 4.04. The van der Waals surface area contributed by atoms with Gasteiger partial charge in [0.2, 0.25) is 0 Å². The molecule has 1 aromatic rings. The van der Waals surface area contributed by atoms with Crippen molar-refractivity contribution in [3.8, 4) is 0 Å². The Labute approximate surface area is 98.5 Å². The molecule has 0 spiro atoms. The molecule has 0 aliphatic heterocycles. The Morgan fingerprint density at radius 3 is 2.56 bits per heavy atom. The van der Waals surface area contributed by atoms with Crippen molar-refractivity contribution in [3.05, 3.63) is 30.1 Å². The molecule has 0 aromatic carbocycles. The maximum absolute atomic E-state index is 5.58. The molecule has 3 N–H and O–H groups in total. The van der Waals surface area contributed by atoms with E-state index in [1.165, 1.54) is 5.56 Å². The molecule has 90 valence electrons. The molecule has 1 heterocycles. The van der Waals surface area contributed by atoms with Gasteiger partial charge in [0.15, 0.2) is 0 Å². The quantitative estimate of drug-likeness (QED) is 0.766. The molecule has 16 heavy (non-hydrogen) atoms. The van der Waals surface area contributed by atoms with Crippen LogP contribution in [0.5, 0.6) is 0 Å². The van der Waals surface area contributed by atoms with E-state index in [0.29, 0.717) is 5.92 Å². The first kappa shape index (κ1) is 13.1. The summed E-state index contributed by atoms with van der Waals surface area (Å²) in [5.41, 5.74) is 7.04. The van der Waals surface area contributed by atoms with Crippen LogP contribution in [-0.4, -0.2) is 24.6 Å². The lowest BCUT2D eigenvalue weighted by Crippen LogP contribution is -2.36. The largest absolute Gasteiger partial charge is 0.330 e. The van der Waals surface area contributed by atoms with E-state index in [1.54, 1.807) is 0 Å². The van der Waals surface area contributed by atoms with E-state index < -0.39 is 0 Å². The van der Waals surface area contributed by atoms with Crippen molar-refractivity contribution >= 4 is 0 Å². The second-order valence-corrected chi connectivity index (χ2v) is 5.09. The predicted molar refractivity (Wildman–Crippen MR) is 68.4 cm³/mol. The minimum atomic E-state index is 0.136. The molecule has 3 heteroatoms. The van der Waals surface area contributed by atoms with Crippen molar-refractivity contribution in [2.24, 2.45) is 11.7 Å². The highest BCUT2D eigenvalue weighted by molar-refractivity contribution is 5.20. The van der Waals surface area contributed by atoms with Gasteiger partial charge in [0, 0.05) is 24.4 Å². The standard InChI is InChI=1S/C13H23N3/c1-11(8-14)9-16-10-13(2,3)12-4-6-15-7-5-12/h4-7,11,16H,8-10,14H2,1-3H3. The molecule has 0 radical (unpaired) electrons. The van der Waals surface area contributed by atoms with E-state index in [1.807, 2.05) is 12.4 Å². The van der Waals surface area contributed by atoms with Crippen LogP contribution in [-0.2, 0) is 5.41 Å².